The van der Waals surface area contributed by atoms with Crippen molar-refractivity contribution < 1.29 is 20.1 Å². The molecule has 0 aromatic carbocycles. The molecule has 0 bridgehead atoms. The standard InChI is InChI=1S/C6H11NO4/c7-3-1-4(9)6(11,2-8)5(3)10/h3,5,8,10-11H,1-2,7H2/t3-,5+,6-/m0/s1. The highest BCUT2D eigenvalue weighted by molar-refractivity contribution is 5.91. The molecule has 3 atom stereocenters. The highest BCUT2D eigenvalue weighted by atomic mass is 16.4. The van der Waals surface area contributed by atoms with Crippen LogP contribution in [0.1, 0.15) is 6.42 Å². The van der Waals surface area contributed by atoms with Crippen molar-refractivity contribution in [2.45, 2.75) is 24.2 Å². The summed E-state index contributed by atoms with van der Waals surface area (Å²) in [5.74, 6) is -0.597. The Labute approximate surface area is 63.4 Å². The fourth-order valence-electron chi connectivity index (χ4n) is 1.20. The molecule has 0 saturated heterocycles. The van der Waals surface area contributed by atoms with Gasteiger partial charge in [-0.3, -0.25) is 4.79 Å². The second-order valence-corrected chi connectivity index (χ2v) is 2.82. The molecule has 0 aromatic heterocycles. The third-order valence-electron chi connectivity index (χ3n) is 2.04. The van der Waals surface area contributed by atoms with Gasteiger partial charge >= 0.3 is 0 Å². The van der Waals surface area contributed by atoms with E-state index in [-0.39, 0.29) is 6.42 Å². The molecule has 1 aliphatic rings. The average molecular weight is 161 g/mol. The highest BCUT2D eigenvalue weighted by Crippen LogP contribution is 2.25. The van der Waals surface area contributed by atoms with Gasteiger partial charge in [-0.05, 0) is 0 Å². The molecule has 1 fully saturated rings. The normalized spacial score (nSPS) is 44.9. The van der Waals surface area contributed by atoms with E-state index >= 15 is 0 Å². The van der Waals surface area contributed by atoms with Gasteiger partial charge in [-0.1, -0.05) is 0 Å². The molecule has 0 spiro atoms. The first kappa shape index (κ1) is 8.61. The molecule has 1 saturated carbocycles. The molecule has 0 amide bonds. The summed E-state index contributed by atoms with van der Waals surface area (Å²) in [4.78, 5) is 10.9. The van der Waals surface area contributed by atoms with Crippen LogP contribution in [0.2, 0.25) is 0 Å². The van der Waals surface area contributed by atoms with Crippen molar-refractivity contribution in [3.8, 4) is 0 Å². The summed E-state index contributed by atoms with van der Waals surface area (Å²) in [6.07, 6.45) is -1.43. The minimum absolute atomic E-state index is 0.0851. The predicted octanol–water partition coefficient (Wildman–Crippen LogP) is -2.63. The topological polar surface area (TPSA) is 104 Å². The number of ketones is 1. The van der Waals surface area contributed by atoms with Crippen LogP contribution < -0.4 is 5.73 Å². The molecule has 5 heteroatoms. The molecule has 0 radical (unpaired) electrons. The summed E-state index contributed by atoms with van der Waals surface area (Å²) in [6.45, 7) is -0.777. The smallest absolute Gasteiger partial charge is 0.173 e. The Morgan fingerprint density at radius 1 is 1.73 bits per heavy atom. The lowest BCUT2D eigenvalue weighted by molar-refractivity contribution is -0.147. The molecule has 5 N–H and O–H groups in total. The maximum atomic E-state index is 10.9. The molecule has 0 aromatic rings. The molecular formula is C6H11NO4. The summed E-state index contributed by atoms with van der Waals surface area (Å²) in [6, 6.07) is -0.764. The van der Waals surface area contributed by atoms with Crippen molar-refractivity contribution in [1.29, 1.82) is 0 Å². The number of aliphatic hydroxyl groups excluding tert-OH is 2. The minimum Gasteiger partial charge on any atom is -0.393 e. The van der Waals surface area contributed by atoms with Gasteiger partial charge in [0.1, 0.15) is 6.10 Å². The van der Waals surface area contributed by atoms with Crippen LogP contribution in [-0.4, -0.2) is 45.5 Å². The molecule has 1 rings (SSSR count). The number of rotatable bonds is 1. The zero-order chi connectivity index (χ0) is 8.65. The zero-order valence-corrected chi connectivity index (χ0v) is 5.90. The summed E-state index contributed by atoms with van der Waals surface area (Å²) in [7, 11) is 0. The third-order valence-corrected chi connectivity index (χ3v) is 2.04. The Bertz CT molecular complexity index is 183. The Hall–Kier alpha value is -0.490. The summed E-state index contributed by atoms with van der Waals surface area (Å²) in [5.41, 5.74) is 3.25. The van der Waals surface area contributed by atoms with Gasteiger partial charge in [0.05, 0.1) is 6.61 Å². The van der Waals surface area contributed by atoms with E-state index in [1.165, 1.54) is 0 Å². The molecule has 0 aliphatic heterocycles. The Kier molecular flexibility index (Phi) is 1.98. The first-order valence-electron chi connectivity index (χ1n) is 3.32. The first-order valence-corrected chi connectivity index (χ1v) is 3.32. The van der Waals surface area contributed by atoms with E-state index < -0.39 is 30.1 Å². The Morgan fingerprint density at radius 2 is 2.27 bits per heavy atom. The Balaban J connectivity index is 2.87. The lowest BCUT2D eigenvalue weighted by Crippen LogP contribution is -2.50. The van der Waals surface area contributed by atoms with Crippen LogP contribution in [0.5, 0.6) is 0 Å². The van der Waals surface area contributed by atoms with E-state index in [2.05, 4.69) is 0 Å². The molecule has 64 valence electrons. The quantitative estimate of drug-likeness (QED) is 0.337. The Morgan fingerprint density at radius 3 is 2.45 bits per heavy atom. The van der Waals surface area contributed by atoms with Gasteiger partial charge in [0.15, 0.2) is 11.4 Å². The van der Waals surface area contributed by atoms with Gasteiger partial charge in [-0.15, -0.1) is 0 Å². The van der Waals surface area contributed by atoms with Gasteiger partial charge in [-0.25, -0.2) is 0 Å². The SMILES string of the molecule is N[C@H]1CC(=O)[C@@](O)(CO)[C@@H]1O. The number of hydrogen-bond acceptors (Lipinski definition) is 5. The predicted molar refractivity (Wildman–Crippen MR) is 35.6 cm³/mol. The van der Waals surface area contributed by atoms with Crippen LogP contribution >= 0.6 is 0 Å². The van der Waals surface area contributed by atoms with Crippen molar-refractivity contribution >= 4 is 5.78 Å². The summed E-state index contributed by atoms with van der Waals surface area (Å²) in [5, 5.41) is 27.0. The molecule has 11 heavy (non-hydrogen) atoms. The lowest BCUT2D eigenvalue weighted by atomic mass is 10.00. The van der Waals surface area contributed by atoms with Crippen LogP contribution in [0.3, 0.4) is 0 Å². The fourth-order valence-corrected chi connectivity index (χ4v) is 1.20. The number of carbonyl (C=O) groups is 1. The molecule has 1 aliphatic carbocycles. The second kappa shape index (κ2) is 2.53. The summed E-state index contributed by atoms with van der Waals surface area (Å²) >= 11 is 0. The molecule has 0 heterocycles. The number of aliphatic hydroxyl groups is 3. The van der Waals surface area contributed by atoms with Gasteiger partial charge in [0, 0.05) is 12.5 Å². The van der Waals surface area contributed by atoms with E-state index in [9.17, 15) is 9.90 Å². The van der Waals surface area contributed by atoms with Gasteiger partial charge in [-0.2, -0.15) is 0 Å². The maximum Gasteiger partial charge on any atom is 0.173 e. The van der Waals surface area contributed by atoms with Crippen molar-refractivity contribution in [2.75, 3.05) is 6.61 Å². The monoisotopic (exact) mass is 161 g/mol. The van der Waals surface area contributed by atoms with Crippen molar-refractivity contribution in [2.24, 2.45) is 5.73 Å². The van der Waals surface area contributed by atoms with E-state index in [0.717, 1.165) is 0 Å². The zero-order valence-electron chi connectivity index (χ0n) is 5.90. The lowest BCUT2D eigenvalue weighted by Gasteiger charge is -2.22. The van der Waals surface area contributed by atoms with Crippen LogP contribution in [0.4, 0.5) is 0 Å². The first-order chi connectivity index (χ1) is 5.02. The van der Waals surface area contributed by atoms with E-state index in [1.807, 2.05) is 0 Å². The molecule has 0 unspecified atom stereocenters. The van der Waals surface area contributed by atoms with Crippen molar-refractivity contribution in [3.63, 3.8) is 0 Å². The van der Waals surface area contributed by atoms with E-state index in [0.29, 0.717) is 0 Å². The number of Topliss-reactive ketones (excluding diaryl/α,β-unsaturated/α-hetero) is 1. The average Bonchev–Trinajstić information content (AvgIpc) is 2.16. The third kappa shape index (κ3) is 1.06. The highest BCUT2D eigenvalue weighted by Gasteiger charge is 2.51. The maximum absolute atomic E-state index is 10.9. The molecular weight excluding hydrogens is 150 g/mol. The number of carbonyl (C=O) groups excluding carboxylic acids is 1. The van der Waals surface area contributed by atoms with E-state index in [1.54, 1.807) is 0 Å². The van der Waals surface area contributed by atoms with Crippen LogP contribution in [0.15, 0.2) is 0 Å². The fraction of sp³-hybridized carbons (Fsp3) is 0.833. The van der Waals surface area contributed by atoms with Crippen molar-refractivity contribution in [1.82, 2.24) is 0 Å². The van der Waals surface area contributed by atoms with Crippen LogP contribution in [0.25, 0.3) is 0 Å². The number of nitrogens with two attached hydrogens (primary N) is 1. The largest absolute Gasteiger partial charge is 0.393 e. The summed E-state index contributed by atoms with van der Waals surface area (Å²) < 4.78 is 0. The van der Waals surface area contributed by atoms with Gasteiger partial charge in [0.2, 0.25) is 0 Å². The van der Waals surface area contributed by atoms with Crippen LogP contribution in [0, 0.1) is 0 Å². The van der Waals surface area contributed by atoms with Crippen LogP contribution in [-0.2, 0) is 4.79 Å². The van der Waals surface area contributed by atoms with E-state index in [4.69, 9.17) is 15.9 Å². The number of hydrogen-bond donors (Lipinski definition) is 4. The van der Waals surface area contributed by atoms with Gasteiger partial charge < -0.3 is 21.1 Å². The molecule has 5 nitrogen and oxygen atoms in total. The van der Waals surface area contributed by atoms with Gasteiger partial charge in [0.25, 0.3) is 0 Å². The van der Waals surface area contributed by atoms with Crippen molar-refractivity contribution in [3.05, 3.63) is 0 Å². The minimum atomic E-state index is -2.03. The second-order valence-electron chi connectivity index (χ2n) is 2.82.